The summed E-state index contributed by atoms with van der Waals surface area (Å²) in [4.78, 5) is 2.44. The minimum Gasteiger partial charge on any atom is -0.388 e. The predicted octanol–water partition coefficient (Wildman–Crippen LogP) is 4.76. The molecule has 1 heterocycles. The highest BCUT2D eigenvalue weighted by molar-refractivity contribution is 5.66. The van der Waals surface area contributed by atoms with Crippen LogP contribution in [-0.2, 0) is 5.41 Å². The van der Waals surface area contributed by atoms with E-state index < -0.39 is 0 Å². The molecular weight excluding hydrogens is 258 g/mol. The smallest absolute Gasteiger partial charge is 0.0807 e. The van der Waals surface area contributed by atoms with E-state index >= 15 is 0 Å². The monoisotopic (exact) mass is 289 g/mol. The Morgan fingerprint density at radius 3 is 2.43 bits per heavy atom. The number of fused-ring (bicyclic) bond motifs is 1. The zero-order chi connectivity index (χ0) is 15.8. The van der Waals surface area contributed by atoms with Gasteiger partial charge < -0.3 is 10.0 Å². The van der Waals surface area contributed by atoms with Crippen molar-refractivity contribution in [2.45, 2.75) is 71.8 Å². The Balaban J connectivity index is 2.71. The first kappa shape index (κ1) is 16.4. The van der Waals surface area contributed by atoms with Gasteiger partial charge in [-0.15, -0.1) is 0 Å². The molecule has 1 aliphatic rings. The minimum absolute atomic E-state index is 0.189. The number of anilines is 1. The molecule has 1 aromatic rings. The molecule has 0 radical (unpaired) electrons. The summed E-state index contributed by atoms with van der Waals surface area (Å²) in [6, 6.07) is 4.62. The van der Waals surface area contributed by atoms with E-state index in [1.807, 2.05) is 0 Å². The minimum atomic E-state index is -0.361. The van der Waals surface area contributed by atoms with Crippen LogP contribution < -0.4 is 4.90 Å². The van der Waals surface area contributed by atoms with Gasteiger partial charge in [-0.3, -0.25) is 0 Å². The highest BCUT2D eigenvalue weighted by Gasteiger charge is 2.34. The van der Waals surface area contributed by atoms with Crippen LogP contribution in [0.25, 0.3) is 0 Å². The third kappa shape index (κ3) is 2.96. The Morgan fingerprint density at radius 1 is 1.24 bits per heavy atom. The molecule has 2 nitrogen and oxygen atoms in total. The molecule has 1 atom stereocenters. The van der Waals surface area contributed by atoms with Crippen LogP contribution in [0, 0.1) is 0 Å². The Kier molecular flexibility index (Phi) is 4.67. The van der Waals surface area contributed by atoms with Gasteiger partial charge in [0, 0.05) is 24.3 Å². The maximum absolute atomic E-state index is 10.5. The average Bonchev–Trinajstić information content (AvgIpc) is 2.45. The van der Waals surface area contributed by atoms with Gasteiger partial charge >= 0.3 is 0 Å². The summed E-state index contributed by atoms with van der Waals surface area (Å²) in [6.07, 6.45) is 1.59. The standard InChI is InChI=1S/C19H31NO/c1-7-17(21)15-11-14(13(3)4)12-16-18(15)20(8-2)10-9-19(16,5)6/h11-13,17,21H,7-10H2,1-6H3. The maximum atomic E-state index is 10.5. The van der Waals surface area contributed by atoms with Crippen LogP contribution in [0.1, 0.15) is 83.1 Å². The van der Waals surface area contributed by atoms with Crippen molar-refractivity contribution >= 4 is 5.69 Å². The third-order valence-corrected chi connectivity index (χ3v) is 5.01. The van der Waals surface area contributed by atoms with E-state index in [-0.39, 0.29) is 11.5 Å². The van der Waals surface area contributed by atoms with Gasteiger partial charge in [0.05, 0.1) is 6.10 Å². The maximum Gasteiger partial charge on any atom is 0.0807 e. The second kappa shape index (κ2) is 6.00. The molecule has 2 rings (SSSR count). The second-order valence-electron chi connectivity index (χ2n) is 7.30. The lowest BCUT2D eigenvalue weighted by Gasteiger charge is -2.42. The molecule has 1 N–H and O–H groups in total. The van der Waals surface area contributed by atoms with Crippen molar-refractivity contribution < 1.29 is 5.11 Å². The first-order valence-corrected chi connectivity index (χ1v) is 8.43. The van der Waals surface area contributed by atoms with Crippen molar-refractivity contribution in [2.24, 2.45) is 0 Å². The summed E-state index contributed by atoms with van der Waals surface area (Å²) in [5.74, 6) is 0.492. The molecule has 0 spiro atoms. The molecule has 0 saturated heterocycles. The van der Waals surface area contributed by atoms with Crippen LogP contribution in [0.5, 0.6) is 0 Å². The highest BCUT2D eigenvalue weighted by Crippen LogP contribution is 2.45. The summed E-state index contributed by atoms with van der Waals surface area (Å²) in [7, 11) is 0. The fourth-order valence-corrected chi connectivity index (χ4v) is 3.33. The second-order valence-corrected chi connectivity index (χ2v) is 7.30. The van der Waals surface area contributed by atoms with E-state index in [9.17, 15) is 5.11 Å². The van der Waals surface area contributed by atoms with Gasteiger partial charge in [0.15, 0.2) is 0 Å². The molecule has 1 unspecified atom stereocenters. The van der Waals surface area contributed by atoms with Crippen LogP contribution in [0.4, 0.5) is 5.69 Å². The van der Waals surface area contributed by atoms with Crippen LogP contribution >= 0.6 is 0 Å². The van der Waals surface area contributed by atoms with E-state index in [1.54, 1.807) is 0 Å². The number of nitrogens with zero attached hydrogens (tertiary/aromatic N) is 1. The van der Waals surface area contributed by atoms with Crippen molar-refractivity contribution in [1.82, 2.24) is 0 Å². The zero-order valence-corrected chi connectivity index (χ0v) is 14.5. The molecule has 1 aliphatic heterocycles. The third-order valence-electron chi connectivity index (χ3n) is 5.01. The first-order chi connectivity index (χ1) is 9.81. The number of hydrogen-bond acceptors (Lipinski definition) is 2. The normalized spacial score (nSPS) is 18.8. The van der Waals surface area contributed by atoms with Crippen molar-refractivity contribution in [3.05, 3.63) is 28.8 Å². The Labute approximate surface area is 130 Å². The molecule has 0 saturated carbocycles. The van der Waals surface area contributed by atoms with Crippen LogP contribution in [-0.4, -0.2) is 18.2 Å². The summed E-state index contributed by atoms with van der Waals surface area (Å²) < 4.78 is 0. The van der Waals surface area contributed by atoms with Crippen molar-refractivity contribution in [1.29, 1.82) is 0 Å². The number of aliphatic hydroxyl groups is 1. The first-order valence-electron chi connectivity index (χ1n) is 8.43. The lowest BCUT2D eigenvalue weighted by Crippen LogP contribution is -2.38. The molecule has 1 aromatic carbocycles. The molecular formula is C19H31NO. The molecule has 0 amide bonds. The van der Waals surface area contributed by atoms with Crippen LogP contribution in [0.15, 0.2) is 12.1 Å². The molecule has 0 aromatic heterocycles. The molecule has 118 valence electrons. The van der Waals surface area contributed by atoms with Gasteiger partial charge in [-0.2, -0.15) is 0 Å². The molecule has 21 heavy (non-hydrogen) atoms. The van der Waals surface area contributed by atoms with E-state index in [0.29, 0.717) is 5.92 Å². The zero-order valence-electron chi connectivity index (χ0n) is 14.5. The van der Waals surface area contributed by atoms with Crippen molar-refractivity contribution in [3.63, 3.8) is 0 Å². The largest absolute Gasteiger partial charge is 0.388 e. The quantitative estimate of drug-likeness (QED) is 0.863. The Bertz CT molecular complexity index is 505. The fraction of sp³-hybridized carbons (Fsp3) is 0.684. The van der Waals surface area contributed by atoms with E-state index in [4.69, 9.17) is 0 Å². The van der Waals surface area contributed by atoms with Crippen molar-refractivity contribution in [3.8, 4) is 0 Å². The Hall–Kier alpha value is -1.02. The lowest BCUT2D eigenvalue weighted by atomic mass is 9.74. The summed E-state index contributed by atoms with van der Waals surface area (Å²) in [6.45, 7) is 15.5. The van der Waals surface area contributed by atoms with E-state index in [0.717, 1.165) is 25.1 Å². The SMILES string of the molecule is CCC(O)c1cc(C(C)C)cc2c1N(CC)CCC2(C)C. The van der Waals surface area contributed by atoms with Crippen LogP contribution in [0.2, 0.25) is 0 Å². The molecule has 0 fully saturated rings. The lowest BCUT2D eigenvalue weighted by molar-refractivity contribution is 0.173. The highest BCUT2D eigenvalue weighted by atomic mass is 16.3. The van der Waals surface area contributed by atoms with Gasteiger partial charge in [0.25, 0.3) is 0 Å². The number of aliphatic hydroxyl groups excluding tert-OH is 1. The van der Waals surface area contributed by atoms with Gasteiger partial charge in [0.2, 0.25) is 0 Å². The van der Waals surface area contributed by atoms with E-state index in [2.05, 4.69) is 58.6 Å². The number of benzene rings is 1. The summed E-state index contributed by atoms with van der Waals surface area (Å²) in [5, 5.41) is 10.5. The predicted molar refractivity (Wildman–Crippen MR) is 91.3 cm³/mol. The Morgan fingerprint density at radius 2 is 1.90 bits per heavy atom. The fourth-order valence-electron chi connectivity index (χ4n) is 3.33. The molecule has 2 heteroatoms. The molecule has 0 bridgehead atoms. The van der Waals surface area contributed by atoms with Crippen LogP contribution in [0.3, 0.4) is 0 Å². The van der Waals surface area contributed by atoms with Crippen molar-refractivity contribution in [2.75, 3.05) is 18.0 Å². The van der Waals surface area contributed by atoms with E-state index in [1.165, 1.54) is 23.2 Å². The van der Waals surface area contributed by atoms with Gasteiger partial charge in [0.1, 0.15) is 0 Å². The van der Waals surface area contributed by atoms with Gasteiger partial charge in [-0.05, 0) is 42.2 Å². The molecule has 0 aliphatic carbocycles. The topological polar surface area (TPSA) is 23.5 Å². The summed E-state index contributed by atoms with van der Waals surface area (Å²) >= 11 is 0. The average molecular weight is 289 g/mol. The van der Waals surface area contributed by atoms with Gasteiger partial charge in [-0.1, -0.05) is 46.8 Å². The number of hydrogen-bond donors (Lipinski definition) is 1. The van der Waals surface area contributed by atoms with Gasteiger partial charge in [-0.25, -0.2) is 0 Å². The summed E-state index contributed by atoms with van der Waals surface area (Å²) in [5.41, 5.74) is 5.39. The number of rotatable bonds is 4.